The quantitative estimate of drug-likeness (QED) is 0.498. The van der Waals surface area contributed by atoms with Gasteiger partial charge in [0.2, 0.25) is 0 Å². The summed E-state index contributed by atoms with van der Waals surface area (Å²) in [6.07, 6.45) is 6.99. The van der Waals surface area contributed by atoms with E-state index in [0.717, 1.165) is 38.6 Å². The van der Waals surface area contributed by atoms with E-state index in [-0.39, 0.29) is 5.91 Å². The third kappa shape index (κ3) is 3.02. The van der Waals surface area contributed by atoms with Crippen molar-refractivity contribution in [2.24, 2.45) is 7.05 Å². The molecule has 0 aliphatic carbocycles. The summed E-state index contributed by atoms with van der Waals surface area (Å²) in [6.45, 7) is 0.410. The minimum atomic E-state index is -0.149. The van der Waals surface area contributed by atoms with Gasteiger partial charge in [0.25, 0.3) is 5.91 Å². The molecule has 0 aliphatic heterocycles. The molecule has 7 heteroatoms. The number of rotatable bonds is 4. The minimum absolute atomic E-state index is 0.149. The second-order valence-corrected chi connectivity index (χ2v) is 6.93. The number of H-pyrrole nitrogens is 1. The van der Waals surface area contributed by atoms with Gasteiger partial charge in [-0.3, -0.25) is 14.9 Å². The number of aromatic nitrogens is 5. The zero-order valence-electron chi connectivity index (χ0n) is 15.8. The van der Waals surface area contributed by atoms with E-state index >= 15 is 0 Å². The number of aromatic amines is 1. The number of hydrogen-bond donors (Lipinski definition) is 2. The first-order valence-electron chi connectivity index (χ1n) is 9.25. The largest absolute Gasteiger partial charge is 0.348 e. The molecule has 0 saturated heterocycles. The fourth-order valence-electron chi connectivity index (χ4n) is 3.62. The summed E-state index contributed by atoms with van der Waals surface area (Å²) in [5.74, 6) is -0.149. The number of nitrogens with one attached hydrogen (secondary N) is 2. The summed E-state index contributed by atoms with van der Waals surface area (Å²) in [6, 6.07) is 13.7. The number of fused-ring (bicyclic) bond motifs is 2. The SMILES string of the molecule is Cn1cnc2cc(-c3cccc4[nH]ncc34)cc(C(=O)NCc3cccnc3)c21. The van der Waals surface area contributed by atoms with Gasteiger partial charge >= 0.3 is 0 Å². The molecule has 0 fully saturated rings. The summed E-state index contributed by atoms with van der Waals surface area (Å²) in [7, 11) is 1.89. The van der Waals surface area contributed by atoms with Crippen LogP contribution in [0.1, 0.15) is 15.9 Å². The van der Waals surface area contributed by atoms with Gasteiger partial charge in [0.05, 0.1) is 34.6 Å². The molecule has 0 aliphatic rings. The number of imidazole rings is 1. The highest BCUT2D eigenvalue weighted by Gasteiger charge is 2.17. The molecule has 142 valence electrons. The van der Waals surface area contributed by atoms with Crippen LogP contribution < -0.4 is 5.32 Å². The molecule has 1 amide bonds. The number of nitrogens with zero attached hydrogens (tertiary/aromatic N) is 4. The van der Waals surface area contributed by atoms with Crippen LogP contribution in [0, 0.1) is 0 Å². The third-order valence-corrected chi connectivity index (χ3v) is 5.03. The molecule has 3 heterocycles. The number of aryl methyl sites for hydroxylation is 1. The summed E-state index contributed by atoms with van der Waals surface area (Å²) in [5, 5.41) is 11.1. The zero-order chi connectivity index (χ0) is 19.8. The maximum atomic E-state index is 13.1. The van der Waals surface area contributed by atoms with Crippen LogP contribution in [0.15, 0.2) is 67.4 Å². The molecule has 0 atom stereocenters. The molecule has 5 aromatic rings. The predicted octanol–water partition coefficient (Wildman–Crippen LogP) is 3.44. The highest BCUT2D eigenvalue weighted by Crippen LogP contribution is 2.31. The first-order chi connectivity index (χ1) is 14.2. The molecular weight excluding hydrogens is 364 g/mol. The fourth-order valence-corrected chi connectivity index (χ4v) is 3.62. The lowest BCUT2D eigenvalue weighted by atomic mass is 9.98. The van der Waals surface area contributed by atoms with Crippen LogP contribution in [0.2, 0.25) is 0 Å². The molecule has 0 bridgehead atoms. The standard InChI is InChI=1S/C22H18N6O/c1-28-13-25-20-9-15(16-5-2-6-19-18(16)12-26-27-19)8-17(21(20)28)22(29)24-11-14-4-3-7-23-10-14/h2-10,12-13H,11H2,1H3,(H,24,29)(H,26,27). The van der Waals surface area contributed by atoms with Crippen LogP contribution in [-0.2, 0) is 13.6 Å². The second kappa shape index (κ2) is 6.87. The smallest absolute Gasteiger partial charge is 0.253 e. The lowest BCUT2D eigenvalue weighted by Gasteiger charge is -2.11. The predicted molar refractivity (Wildman–Crippen MR) is 111 cm³/mol. The van der Waals surface area contributed by atoms with Crippen LogP contribution in [0.5, 0.6) is 0 Å². The monoisotopic (exact) mass is 382 g/mol. The first kappa shape index (κ1) is 17.1. The topological polar surface area (TPSA) is 88.5 Å². The van der Waals surface area contributed by atoms with Gasteiger partial charge in [-0.1, -0.05) is 18.2 Å². The van der Waals surface area contributed by atoms with Crippen LogP contribution in [0.25, 0.3) is 33.1 Å². The maximum absolute atomic E-state index is 13.1. The van der Waals surface area contributed by atoms with Crippen molar-refractivity contribution >= 4 is 27.8 Å². The summed E-state index contributed by atoms with van der Waals surface area (Å²) in [4.78, 5) is 21.7. The average Bonchev–Trinajstić information content (AvgIpc) is 3.39. The van der Waals surface area contributed by atoms with E-state index in [1.807, 2.05) is 54.1 Å². The van der Waals surface area contributed by atoms with E-state index in [2.05, 4.69) is 25.5 Å². The van der Waals surface area contributed by atoms with Gasteiger partial charge in [0.1, 0.15) is 0 Å². The Morgan fingerprint density at radius 1 is 1.17 bits per heavy atom. The van der Waals surface area contributed by atoms with E-state index in [9.17, 15) is 4.79 Å². The van der Waals surface area contributed by atoms with Crippen molar-refractivity contribution in [3.8, 4) is 11.1 Å². The lowest BCUT2D eigenvalue weighted by molar-refractivity contribution is 0.0952. The summed E-state index contributed by atoms with van der Waals surface area (Å²) in [5.41, 5.74) is 5.99. The van der Waals surface area contributed by atoms with Crippen LogP contribution in [0.4, 0.5) is 0 Å². The van der Waals surface area contributed by atoms with Crippen LogP contribution >= 0.6 is 0 Å². The van der Waals surface area contributed by atoms with Crippen LogP contribution in [0.3, 0.4) is 0 Å². The summed E-state index contributed by atoms with van der Waals surface area (Å²) >= 11 is 0. The van der Waals surface area contributed by atoms with Crippen molar-refractivity contribution in [1.82, 2.24) is 30.0 Å². The number of amides is 1. The van der Waals surface area contributed by atoms with Crippen molar-refractivity contribution in [2.45, 2.75) is 6.54 Å². The van der Waals surface area contributed by atoms with E-state index < -0.39 is 0 Å². The van der Waals surface area contributed by atoms with Gasteiger partial charge in [0, 0.05) is 31.4 Å². The Labute approximate surface area is 166 Å². The molecule has 7 nitrogen and oxygen atoms in total. The van der Waals surface area contributed by atoms with Crippen molar-refractivity contribution in [3.63, 3.8) is 0 Å². The Hall–Kier alpha value is -4.00. The van der Waals surface area contributed by atoms with Crippen molar-refractivity contribution in [2.75, 3.05) is 0 Å². The Bertz CT molecular complexity index is 1340. The lowest BCUT2D eigenvalue weighted by Crippen LogP contribution is -2.23. The van der Waals surface area contributed by atoms with Crippen LogP contribution in [-0.4, -0.2) is 30.6 Å². The molecule has 29 heavy (non-hydrogen) atoms. The fraction of sp³-hybridized carbons (Fsp3) is 0.0909. The van der Waals surface area contributed by atoms with Gasteiger partial charge in [-0.05, 0) is 41.0 Å². The maximum Gasteiger partial charge on any atom is 0.253 e. The number of pyridine rings is 1. The molecule has 5 rings (SSSR count). The van der Waals surface area contributed by atoms with Crippen molar-refractivity contribution in [1.29, 1.82) is 0 Å². The van der Waals surface area contributed by atoms with Gasteiger partial charge in [0.15, 0.2) is 0 Å². The Balaban J connectivity index is 1.60. The number of benzene rings is 2. The number of carbonyl (C=O) groups excluding carboxylic acids is 1. The van der Waals surface area contributed by atoms with Gasteiger partial charge < -0.3 is 9.88 Å². The Morgan fingerprint density at radius 2 is 2.10 bits per heavy atom. The second-order valence-electron chi connectivity index (χ2n) is 6.93. The van der Waals surface area contributed by atoms with Crippen molar-refractivity contribution in [3.05, 3.63) is 78.5 Å². The van der Waals surface area contributed by atoms with Crippen molar-refractivity contribution < 1.29 is 4.79 Å². The molecule has 0 unspecified atom stereocenters. The highest BCUT2D eigenvalue weighted by molar-refractivity contribution is 6.08. The molecule has 0 spiro atoms. The van der Waals surface area contributed by atoms with E-state index in [0.29, 0.717) is 12.1 Å². The molecule has 0 saturated carbocycles. The average molecular weight is 382 g/mol. The molecule has 2 aromatic carbocycles. The van der Waals surface area contributed by atoms with E-state index in [1.165, 1.54) is 0 Å². The number of hydrogen-bond acceptors (Lipinski definition) is 4. The molecule has 3 aromatic heterocycles. The minimum Gasteiger partial charge on any atom is -0.348 e. The number of carbonyl (C=O) groups is 1. The Kier molecular flexibility index (Phi) is 4.05. The summed E-state index contributed by atoms with van der Waals surface area (Å²) < 4.78 is 1.87. The zero-order valence-corrected chi connectivity index (χ0v) is 15.8. The highest BCUT2D eigenvalue weighted by atomic mass is 16.1. The molecule has 2 N–H and O–H groups in total. The van der Waals surface area contributed by atoms with Gasteiger partial charge in [-0.2, -0.15) is 5.10 Å². The normalized spacial score (nSPS) is 11.2. The first-order valence-corrected chi connectivity index (χ1v) is 9.25. The molecular formula is C22H18N6O. The van der Waals surface area contributed by atoms with E-state index in [1.54, 1.807) is 24.9 Å². The van der Waals surface area contributed by atoms with E-state index in [4.69, 9.17) is 0 Å². The van der Waals surface area contributed by atoms with Gasteiger partial charge in [-0.25, -0.2) is 4.98 Å². The molecule has 0 radical (unpaired) electrons. The Morgan fingerprint density at radius 3 is 2.97 bits per heavy atom. The van der Waals surface area contributed by atoms with Gasteiger partial charge in [-0.15, -0.1) is 0 Å². The third-order valence-electron chi connectivity index (χ3n) is 5.03.